The Labute approximate surface area is 177 Å². The number of hydrogen-bond donors (Lipinski definition) is 2. The first-order valence-electron chi connectivity index (χ1n) is 10.2. The van der Waals surface area contributed by atoms with Crippen molar-refractivity contribution < 1.29 is 9.59 Å². The van der Waals surface area contributed by atoms with Gasteiger partial charge in [0.05, 0.1) is 17.1 Å². The van der Waals surface area contributed by atoms with Crippen LogP contribution in [0.25, 0.3) is 0 Å². The van der Waals surface area contributed by atoms with Gasteiger partial charge in [0.2, 0.25) is 5.91 Å². The maximum atomic E-state index is 12.8. The Bertz CT molecular complexity index is 884. The molecule has 0 bridgehead atoms. The van der Waals surface area contributed by atoms with E-state index in [4.69, 9.17) is 11.6 Å². The Hall–Kier alpha value is -2.53. The van der Waals surface area contributed by atoms with Crippen LogP contribution in [0.5, 0.6) is 0 Å². The molecule has 1 atom stereocenters. The number of nitrogens with zero attached hydrogens (tertiary/aromatic N) is 1. The van der Waals surface area contributed by atoms with Crippen LogP contribution in [0, 0.1) is 0 Å². The van der Waals surface area contributed by atoms with Crippen molar-refractivity contribution in [1.82, 2.24) is 4.90 Å². The molecule has 5 nitrogen and oxygen atoms in total. The first kappa shape index (κ1) is 21.2. The minimum atomic E-state index is -0.135. The Morgan fingerprint density at radius 2 is 1.97 bits per heavy atom. The quantitative estimate of drug-likeness (QED) is 0.702. The highest BCUT2D eigenvalue weighted by atomic mass is 35.5. The highest BCUT2D eigenvalue weighted by Crippen LogP contribution is 2.26. The summed E-state index contributed by atoms with van der Waals surface area (Å²) in [6.45, 7) is 5.02. The number of halogens is 1. The molecule has 29 heavy (non-hydrogen) atoms. The molecule has 154 valence electrons. The maximum absolute atomic E-state index is 12.8. The normalized spacial score (nSPS) is 16.4. The fraction of sp³-hybridized carbons (Fsp3) is 0.391. The number of anilines is 2. The molecule has 2 N–H and O–H groups in total. The lowest BCUT2D eigenvalue weighted by Crippen LogP contribution is -2.42. The van der Waals surface area contributed by atoms with E-state index in [0.29, 0.717) is 16.3 Å². The number of para-hydroxylation sites is 1. The molecule has 0 radical (unpaired) electrons. The van der Waals surface area contributed by atoms with Crippen LogP contribution in [0.3, 0.4) is 0 Å². The van der Waals surface area contributed by atoms with Crippen molar-refractivity contribution in [2.45, 2.75) is 45.6 Å². The van der Waals surface area contributed by atoms with E-state index < -0.39 is 0 Å². The van der Waals surface area contributed by atoms with Crippen LogP contribution in [-0.4, -0.2) is 35.8 Å². The summed E-state index contributed by atoms with van der Waals surface area (Å²) >= 11 is 6.39. The SMILES string of the molecule is CCc1ccccc1NC(=O)CNc1ccc(C(=O)N2CCCCC2C)c(Cl)c1. The van der Waals surface area contributed by atoms with Crippen molar-refractivity contribution in [2.75, 3.05) is 23.7 Å². The molecule has 0 aromatic heterocycles. The van der Waals surface area contributed by atoms with Crippen LogP contribution in [-0.2, 0) is 11.2 Å². The van der Waals surface area contributed by atoms with Gasteiger partial charge in [-0.2, -0.15) is 0 Å². The van der Waals surface area contributed by atoms with E-state index in [0.717, 1.165) is 43.5 Å². The van der Waals surface area contributed by atoms with Crippen molar-refractivity contribution in [2.24, 2.45) is 0 Å². The molecule has 1 unspecified atom stereocenters. The van der Waals surface area contributed by atoms with E-state index in [1.165, 1.54) is 0 Å². The van der Waals surface area contributed by atoms with Crippen LogP contribution < -0.4 is 10.6 Å². The number of amides is 2. The lowest BCUT2D eigenvalue weighted by molar-refractivity contribution is -0.114. The van der Waals surface area contributed by atoms with Gasteiger partial charge < -0.3 is 15.5 Å². The molecule has 1 aliphatic heterocycles. The highest BCUT2D eigenvalue weighted by Gasteiger charge is 2.25. The summed E-state index contributed by atoms with van der Waals surface area (Å²) in [6, 6.07) is 13.2. The largest absolute Gasteiger partial charge is 0.376 e. The van der Waals surface area contributed by atoms with Gasteiger partial charge in [-0.15, -0.1) is 0 Å². The van der Waals surface area contributed by atoms with Gasteiger partial charge in [0.1, 0.15) is 0 Å². The summed E-state index contributed by atoms with van der Waals surface area (Å²) in [4.78, 5) is 27.0. The summed E-state index contributed by atoms with van der Waals surface area (Å²) in [5, 5.41) is 6.40. The smallest absolute Gasteiger partial charge is 0.255 e. The first-order valence-corrected chi connectivity index (χ1v) is 10.6. The Kier molecular flexibility index (Phi) is 7.15. The molecule has 0 saturated carbocycles. The number of hydrogen-bond acceptors (Lipinski definition) is 3. The van der Waals surface area contributed by atoms with Gasteiger partial charge in [-0.25, -0.2) is 0 Å². The van der Waals surface area contributed by atoms with Crippen LogP contribution in [0.1, 0.15) is 49.0 Å². The molecule has 1 fully saturated rings. The molecule has 2 aromatic carbocycles. The molecule has 0 spiro atoms. The van der Waals surface area contributed by atoms with Gasteiger partial charge in [-0.1, -0.05) is 36.7 Å². The molecule has 3 rings (SSSR count). The minimum Gasteiger partial charge on any atom is -0.376 e. The number of rotatable bonds is 6. The monoisotopic (exact) mass is 413 g/mol. The van der Waals surface area contributed by atoms with Crippen molar-refractivity contribution in [1.29, 1.82) is 0 Å². The predicted molar refractivity (Wildman–Crippen MR) is 119 cm³/mol. The summed E-state index contributed by atoms with van der Waals surface area (Å²) in [7, 11) is 0. The van der Waals surface area contributed by atoms with Crippen molar-refractivity contribution >= 4 is 34.8 Å². The fourth-order valence-electron chi connectivity index (χ4n) is 3.68. The van der Waals surface area contributed by atoms with Crippen molar-refractivity contribution in [3.63, 3.8) is 0 Å². The second-order valence-electron chi connectivity index (χ2n) is 7.45. The number of aryl methyl sites for hydroxylation is 1. The number of carbonyl (C=O) groups excluding carboxylic acids is 2. The molecular formula is C23H28ClN3O2. The Morgan fingerprint density at radius 1 is 1.17 bits per heavy atom. The standard InChI is InChI=1S/C23H28ClN3O2/c1-3-17-9-4-5-10-21(17)26-22(28)15-25-18-11-12-19(20(24)14-18)23(29)27-13-7-6-8-16(27)2/h4-5,9-12,14,16,25H,3,6-8,13,15H2,1-2H3,(H,26,28). The molecule has 0 aliphatic carbocycles. The van der Waals surface area contributed by atoms with E-state index in [2.05, 4.69) is 24.5 Å². The zero-order valence-corrected chi connectivity index (χ0v) is 17.8. The average molecular weight is 414 g/mol. The third kappa shape index (κ3) is 5.30. The van der Waals surface area contributed by atoms with E-state index in [-0.39, 0.29) is 24.4 Å². The van der Waals surface area contributed by atoms with Gasteiger partial charge >= 0.3 is 0 Å². The van der Waals surface area contributed by atoms with Gasteiger partial charge in [0, 0.05) is 24.0 Å². The molecule has 1 saturated heterocycles. The van der Waals surface area contributed by atoms with Gasteiger partial charge in [0.25, 0.3) is 5.91 Å². The van der Waals surface area contributed by atoms with Crippen LogP contribution in [0.15, 0.2) is 42.5 Å². The van der Waals surface area contributed by atoms with Crippen molar-refractivity contribution in [3.8, 4) is 0 Å². The zero-order chi connectivity index (χ0) is 20.8. The van der Waals surface area contributed by atoms with Gasteiger partial charge in [0.15, 0.2) is 0 Å². The van der Waals surface area contributed by atoms with E-state index in [9.17, 15) is 9.59 Å². The number of carbonyl (C=O) groups is 2. The summed E-state index contributed by atoms with van der Waals surface area (Å²) in [6.07, 6.45) is 4.07. The Balaban J connectivity index is 1.60. The van der Waals surface area contributed by atoms with E-state index in [1.807, 2.05) is 29.2 Å². The van der Waals surface area contributed by atoms with Crippen LogP contribution in [0.2, 0.25) is 5.02 Å². The summed E-state index contributed by atoms with van der Waals surface area (Å²) in [5.74, 6) is -0.160. The third-order valence-electron chi connectivity index (χ3n) is 5.39. The number of likely N-dealkylation sites (tertiary alicyclic amines) is 1. The van der Waals surface area contributed by atoms with Crippen LogP contribution >= 0.6 is 11.6 Å². The lowest BCUT2D eigenvalue weighted by atomic mass is 10.0. The van der Waals surface area contributed by atoms with Crippen molar-refractivity contribution in [3.05, 3.63) is 58.6 Å². The van der Waals surface area contributed by atoms with Gasteiger partial charge in [-0.05, 0) is 62.4 Å². The molecule has 6 heteroatoms. The molecule has 2 amide bonds. The molecule has 2 aromatic rings. The average Bonchev–Trinajstić information content (AvgIpc) is 2.72. The topological polar surface area (TPSA) is 61.4 Å². The summed E-state index contributed by atoms with van der Waals surface area (Å²) in [5.41, 5.74) is 3.14. The first-order chi connectivity index (χ1) is 14.0. The second-order valence-corrected chi connectivity index (χ2v) is 7.86. The number of piperidine rings is 1. The maximum Gasteiger partial charge on any atom is 0.255 e. The van der Waals surface area contributed by atoms with Crippen LogP contribution in [0.4, 0.5) is 11.4 Å². The highest BCUT2D eigenvalue weighted by molar-refractivity contribution is 6.34. The summed E-state index contributed by atoms with van der Waals surface area (Å²) < 4.78 is 0. The third-order valence-corrected chi connectivity index (χ3v) is 5.70. The lowest BCUT2D eigenvalue weighted by Gasteiger charge is -2.33. The number of nitrogens with one attached hydrogen (secondary N) is 2. The molecule has 1 aliphatic rings. The second kappa shape index (κ2) is 9.79. The van der Waals surface area contributed by atoms with E-state index in [1.54, 1.807) is 18.2 Å². The number of benzene rings is 2. The van der Waals surface area contributed by atoms with E-state index >= 15 is 0 Å². The fourth-order valence-corrected chi connectivity index (χ4v) is 3.94. The van der Waals surface area contributed by atoms with Gasteiger partial charge in [-0.3, -0.25) is 9.59 Å². The minimum absolute atomic E-state index is 0.0253. The Morgan fingerprint density at radius 3 is 2.69 bits per heavy atom. The predicted octanol–water partition coefficient (Wildman–Crippen LogP) is 4.97. The molecular weight excluding hydrogens is 386 g/mol. The zero-order valence-electron chi connectivity index (χ0n) is 17.0. The molecule has 1 heterocycles.